The van der Waals surface area contributed by atoms with E-state index >= 15 is 0 Å². The molecule has 1 unspecified atom stereocenters. The van der Waals surface area contributed by atoms with Crippen molar-refractivity contribution in [2.45, 2.75) is 13.0 Å². The molecule has 3 nitrogen and oxygen atoms in total. The lowest BCUT2D eigenvalue weighted by Gasteiger charge is -2.26. The highest BCUT2D eigenvalue weighted by molar-refractivity contribution is 5.14. The largest absolute Gasteiger partial charge is 0.384 e. The monoisotopic (exact) mass is 234 g/mol. The number of ether oxygens (including phenoxy) is 1. The summed E-state index contributed by atoms with van der Waals surface area (Å²) < 4.78 is 5.31. The number of hydrogen-bond donors (Lipinski definition) is 1. The van der Waals surface area contributed by atoms with Crippen LogP contribution in [0.15, 0.2) is 30.3 Å². The quantitative estimate of drug-likeness (QED) is 0.839. The number of methoxy groups -OCH3 is 1. The van der Waals surface area contributed by atoms with Crippen LogP contribution in [0.25, 0.3) is 0 Å². The fourth-order valence-electron chi connectivity index (χ4n) is 2.65. The van der Waals surface area contributed by atoms with E-state index in [1.807, 2.05) is 0 Å². The molecule has 0 radical (unpaired) electrons. The predicted molar refractivity (Wildman–Crippen MR) is 69.7 cm³/mol. The zero-order valence-corrected chi connectivity index (χ0v) is 10.6. The summed E-state index contributed by atoms with van der Waals surface area (Å²) in [7, 11) is 1.76. The normalized spacial score (nSPS) is 25.3. The van der Waals surface area contributed by atoms with Crippen LogP contribution in [0.4, 0.5) is 0 Å². The number of nitrogens with two attached hydrogens (primary N) is 1. The Hall–Kier alpha value is -0.900. The van der Waals surface area contributed by atoms with Gasteiger partial charge in [0.1, 0.15) is 0 Å². The van der Waals surface area contributed by atoms with Crippen molar-refractivity contribution < 1.29 is 4.74 Å². The summed E-state index contributed by atoms with van der Waals surface area (Å²) in [6.45, 7) is 4.68. The summed E-state index contributed by atoms with van der Waals surface area (Å²) in [4.78, 5) is 2.47. The zero-order chi connectivity index (χ0) is 12.1. The second-order valence-electron chi connectivity index (χ2n) is 5.08. The van der Waals surface area contributed by atoms with E-state index in [4.69, 9.17) is 10.5 Å². The van der Waals surface area contributed by atoms with E-state index in [-0.39, 0.29) is 5.41 Å². The lowest BCUT2D eigenvalue weighted by molar-refractivity contribution is 0.0885. The first-order chi connectivity index (χ1) is 8.28. The van der Waals surface area contributed by atoms with Gasteiger partial charge in [0.25, 0.3) is 0 Å². The Morgan fingerprint density at radius 3 is 2.76 bits per heavy atom. The fraction of sp³-hybridized carbons (Fsp3) is 0.571. The van der Waals surface area contributed by atoms with Crippen molar-refractivity contribution in [1.82, 2.24) is 4.90 Å². The van der Waals surface area contributed by atoms with Crippen LogP contribution >= 0.6 is 0 Å². The van der Waals surface area contributed by atoms with Crippen molar-refractivity contribution in [2.24, 2.45) is 11.1 Å². The molecule has 1 aliphatic rings. The van der Waals surface area contributed by atoms with Crippen molar-refractivity contribution in [3.63, 3.8) is 0 Å². The minimum Gasteiger partial charge on any atom is -0.384 e. The summed E-state index contributed by atoms with van der Waals surface area (Å²) in [6.07, 6.45) is 1.14. The molecular formula is C14H22N2O. The number of likely N-dealkylation sites (tertiary alicyclic amines) is 1. The molecule has 1 heterocycles. The molecule has 1 atom stereocenters. The van der Waals surface area contributed by atoms with E-state index < -0.39 is 0 Å². The van der Waals surface area contributed by atoms with Gasteiger partial charge in [0.2, 0.25) is 0 Å². The Bertz CT molecular complexity index is 341. The van der Waals surface area contributed by atoms with Gasteiger partial charge in [-0.05, 0) is 18.5 Å². The van der Waals surface area contributed by atoms with Crippen LogP contribution in [0, 0.1) is 5.41 Å². The zero-order valence-electron chi connectivity index (χ0n) is 10.6. The summed E-state index contributed by atoms with van der Waals surface area (Å²) in [5, 5.41) is 0. The van der Waals surface area contributed by atoms with E-state index in [0.717, 1.165) is 32.7 Å². The lowest BCUT2D eigenvalue weighted by atomic mass is 9.88. The molecule has 17 heavy (non-hydrogen) atoms. The first kappa shape index (κ1) is 12.6. The maximum absolute atomic E-state index is 5.90. The van der Waals surface area contributed by atoms with E-state index in [1.54, 1.807) is 7.11 Å². The molecule has 2 N–H and O–H groups in total. The fourth-order valence-corrected chi connectivity index (χ4v) is 2.65. The second-order valence-corrected chi connectivity index (χ2v) is 5.08. The standard InChI is InChI=1S/C14H22N2O/c1-17-12-14(10-15)7-8-16(11-14)9-13-5-3-2-4-6-13/h2-6H,7-12,15H2,1H3. The third-order valence-corrected chi connectivity index (χ3v) is 3.65. The predicted octanol–water partition coefficient (Wildman–Crippen LogP) is 1.48. The first-order valence-corrected chi connectivity index (χ1v) is 6.23. The van der Waals surface area contributed by atoms with Crippen LogP contribution in [0.1, 0.15) is 12.0 Å². The van der Waals surface area contributed by atoms with Gasteiger partial charge in [-0.2, -0.15) is 0 Å². The van der Waals surface area contributed by atoms with Crippen LogP contribution in [-0.4, -0.2) is 38.3 Å². The van der Waals surface area contributed by atoms with Crippen molar-refractivity contribution >= 4 is 0 Å². The van der Waals surface area contributed by atoms with Crippen LogP contribution in [0.3, 0.4) is 0 Å². The third kappa shape index (κ3) is 3.06. The first-order valence-electron chi connectivity index (χ1n) is 6.23. The van der Waals surface area contributed by atoms with E-state index in [2.05, 4.69) is 35.2 Å². The molecule has 2 rings (SSSR count). The van der Waals surface area contributed by atoms with E-state index in [9.17, 15) is 0 Å². The van der Waals surface area contributed by atoms with Crippen LogP contribution < -0.4 is 5.73 Å². The lowest BCUT2D eigenvalue weighted by Crippen LogP contribution is -2.37. The van der Waals surface area contributed by atoms with Crippen molar-refractivity contribution in [1.29, 1.82) is 0 Å². The number of benzene rings is 1. The van der Waals surface area contributed by atoms with Gasteiger partial charge in [0.05, 0.1) is 6.61 Å². The minimum atomic E-state index is 0.170. The summed E-state index contributed by atoms with van der Waals surface area (Å²) in [5.41, 5.74) is 7.45. The Morgan fingerprint density at radius 1 is 1.35 bits per heavy atom. The summed E-state index contributed by atoms with van der Waals surface area (Å²) >= 11 is 0. The number of rotatable bonds is 5. The molecule has 1 aromatic carbocycles. The molecule has 0 aliphatic carbocycles. The summed E-state index contributed by atoms with van der Waals surface area (Å²) in [5.74, 6) is 0. The van der Waals surface area contributed by atoms with Gasteiger partial charge in [-0.3, -0.25) is 4.90 Å². The molecule has 0 bridgehead atoms. The molecular weight excluding hydrogens is 212 g/mol. The highest BCUT2D eigenvalue weighted by atomic mass is 16.5. The van der Waals surface area contributed by atoms with Crippen LogP contribution in [0.2, 0.25) is 0 Å². The van der Waals surface area contributed by atoms with Crippen molar-refractivity contribution in [2.75, 3.05) is 33.4 Å². The molecule has 1 aromatic rings. The third-order valence-electron chi connectivity index (χ3n) is 3.65. The molecule has 0 aromatic heterocycles. The minimum absolute atomic E-state index is 0.170. The molecule has 0 saturated carbocycles. The van der Waals surface area contributed by atoms with Gasteiger partial charge < -0.3 is 10.5 Å². The van der Waals surface area contributed by atoms with Crippen molar-refractivity contribution in [3.8, 4) is 0 Å². The van der Waals surface area contributed by atoms with Gasteiger partial charge in [0, 0.05) is 32.2 Å². The number of hydrogen-bond acceptors (Lipinski definition) is 3. The molecule has 1 fully saturated rings. The smallest absolute Gasteiger partial charge is 0.0543 e. The average molecular weight is 234 g/mol. The Morgan fingerprint density at radius 2 is 2.12 bits per heavy atom. The molecule has 1 aliphatic heterocycles. The van der Waals surface area contributed by atoms with Gasteiger partial charge in [0.15, 0.2) is 0 Å². The maximum atomic E-state index is 5.90. The van der Waals surface area contributed by atoms with E-state index in [1.165, 1.54) is 5.56 Å². The highest BCUT2D eigenvalue weighted by Crippen LogP contribution is 2.30. The molecule has 94 valence electrons. The molecule has 0 amide bonds. The number of nitrogens with zero attached hydrogens (tertiary/aromatic N) is 1. The van der Waals surface area contributed by atoms with Crippen LogP contribution in [-0.2, 0) is 11.3 Å². The second kappa shape index (κ2) is 5.63. The topological polar surface area (TPSA) is 38.5 Å². The molecule has 1 saturated heterocycles. The SMILES string of the molecule is COCC1(CN)CCN(Cc2ccccc2)C1. The molecule has 0 spiro atoms. The van der Waals surface area contributed by atoms with Gasteiger partial charge in [-0.1, -0.05) is 30.3 Å². The Kier molecular flexibility index (Phi) is 4.15. The van der Waals surface area contributed by atoms with Gasteiger partial charge in [-0.25, -0.2) is 0 Å². The summed E-state index contributed by atoms with van der Waals surface area (Å²) in [6, 6.07) is 10.6. The Balaban J connectivity index is 1.93. The van der Waals surface area contributed by atoms with Crippen molar-refractivity contribution in [3.05, 3.63) is 35.9 Å². The van der Waals surface area contributed by atoms with Crippen LogP contribution in [0.5, 0.6) is 0 Å². The van der Waals surface area contributed by atoms with Gasteiger partial charge in [-0.15, -0.1) is 0 Å². The Labute approximate surface area is 104 Å². The maximum Gasteiger partial charge on any atom is 0.0543 e. The molecule has 3 heteroatoms. The van der Waals surface area contributed by atoms with Gasteiger partial charge >= 0.3 is 0 Å². The highest BCUT2D eigenvalue weighted by Gasteiger charge is 2.36. The van der Waals surface area contributed by atoms with E-state index in [0.29, 0.717) is 6.54 Å². The average Bonchev–Trinajstić information content (AvgIpc) is 2.75.